The predicted octanol–water partition coefficient (Wildman–Crippen LogP) is 2.91. The van der Waals surface area contributed by atoms with Crippen LogP contribution in [0.1, 0.15) is 31.2 Å². The molecule has 0 saturated heterocycles. The van der Waals surface area contributed by atoms with E-state index in [0.717, 1.165) is 30.5 Å². The summed E-state index contributed by atoms with van der Waals surface area (Å²) in [6, 6.07) is 8.04. The molecule has 0 bridgehead atoms. The highest BCUT2D eigenvalue weighted by Crippen LogP contribution is 2.34. The van der Waals surface area contributed by atoms with E-state index in [1.54, 1.807) is 7.11 Å². The van der Waals surface area contributed by atoms with Gasteiger partial charge in [0.25, 0.3) is 0 Å². The summed E-state index contributed by atoms with van der Waals surface area (Å²) in [6.45, 7) is 2.04. The molecule has 1 aromatic carbocycles. The lowest BCUT2D eigenvalue weighted by atomic mass is 9.79. The fourth-order valence-electron chi connectivity index (χ4n) is 2.97. The molecule has 0 radical (unpaired) electrons. The van der Waals surface area contributed by atoms with Crippen molar-refractivity contribution < 1.29 is 14.3 Å². The number of carbonyl (C=O) groups is 1. The summed E-state index contributed by atoms with van der Waals surface area (Å²) < 4.78 is 10.5. The maximum atomic E-state index is 12.3. The highest BCUT2D eigenvalue weighted by Gasteiger charge is 2.44. The smallest absolute Gasteiger partial charge is 0.331 e. The summed E-state index contributed by atoms with van der Waals surface area (Å²) in [5.41, 5.74) is 1.43. The van der Waals surface area contributed by atoms with Crippen molar-refractivity contribution >= 4 is 11.7 Å². The van der Waals surface area contributed by atoms with Crippen molar-refractivity contribution in [1.82, 2.24) is 0 Å². The third-order valence-corrected chi connectivity index (χ3v) is 4.02. The van der Waals surface area contributed by atoms with Gasteiger partial charge in [0, 0.05) is 19.2 Å². The van der Waals surface area contributed by atoms with Crippen molar-refractivity contribution in [1.29, 1.82) is 0 Å². The van der Waals surface area contributed by atoms with E-state index < -0.39 is 5.54 Å². The number of rotatable bonds is 4. The van der Waals surface area contributed by atoms with E-state index >= 15 is 0 Å². The van der Waals surface area contributed by atoms with Gasteiger partial charge in [-0.15, -0.1) is 0 Å². The molecule has 0 heterocycles. The Hall–Kier alpha value is -1.55. The molecule has 1 fully saturated rings. The number of nitrogens with one attached hydrogen (secondary N) is 1. The van der Waals surface area contributed by atoms with Gasteiger partial charge in [-0.1, -0.05) is 12.1 Å². The molecule has 4 heteroatoms. The summed E-state index contributed by atoms with van der Waals surface area (Å²) in [4.78, 5) is 12.3. The fourth-order valence-corrected chi connectivity index (χ4v) is 2.97. The van der Waals surface area contributed by atoms with Gasteiger partial charge in [-0.3, -0.25) is 0 Å². The highest BCUT2D eigenvalue weighted by molar-refractivity contribution is 5.84. The van der Waals surface area contributed by atoms with Crippen molar-refractivity contribution in [3.05, 3.63) is 29.8 Å². The number of anilines is 1. The normalized spacial score (nSPS) is 26.1. The van der Waals surface area contributed by atoms with Crippen molar-refractivity contribution in [3.63, 3.8) is 0 Å². The summed E-state index contributed by atoms with van der Waals surface area (Å²) in [5.74, 6) is -0.208. The van der Waals surface area contributed by atoms with Crippen LogP contribution < -0.4 is 5.32 Å². The highest BCUT2D eigenvalue weighted by atomic mass is 16.5. The number of carbonyl (C=O) groups excluding carboxylic acids is 1. The van der Waals surface area contributed by atoms with Gasteiger partial charge < -0.3 is 14.8 Å². The molecular weight excluding hydrogens is 254 g/mol. The molecule has 1 aliphatic rings. The van der Waals surface area contributed by atoms with Gasteiger partial charge in [0.1, 0.15) is 5.54 Å². The molecule has 2 atom stereocenters. The SMILES string of the molecule is COC(=O)C1(Nc2cccc(C)c2)CCCC(OC)C1. The lowest BCUT2D eigenvalue weighted by molar-refractivity contribution is -0.149. The lowest BCUT2D eigenvalue weighted by Crippen LogP contribution is -2.52. The van der Waals surface area contributed by atoms with Gasteiger partial charge in [0.15, 0.2) is 0 Å². The van der Waals surface area contributed by atoms with E-state index in [1.165, 1.54) is 7.11 Å². The molecule has 4 nitrogen and oxygen atoms in total. The molecule has 1 saturated carbocycles. The second-order valence-corrected chi connectivity index (χ2v) is 5.52. The van der Waals surface area contributed by atoms with E-state index in [2.05, 4.69) is 5.32 Å². The Morgan fingerprint density at radius 1 is 1.40 bits per heavy atom. The van der Waals surface area contributed by atoms with E-state index in [-0.39, 0.29) is 12.1 Å². The van der Waals surface area contributed by atoms with Gasteiger partial charge in [0.05, 0.1) is 13.2 Å². The summed E-state index contributed by atoms with van der Waals surface area (Å²) in [7, 11) is 3.14. The van der Waals surface area contributed by atoms with Gasteiger partial charge in [0.2, 0.25) is 0 Å². The number of methoxy groups -OCH3 is 2. The molecule has 110 valence electrons. The van der Waals surface area contributed by atoms with E-state index in [4.69, 9.17) is 9.47 Å². The molecule has 1 aromatic rings. The molecule has 0 spiro atoms. The standard InChI is InChI=1S/C16H23NO3/c1-12-6-4-7-13(10-12)17-16(15(18)20-3)9-5-8-14(11-16)19-2/h4,6-7,10,14,17H,5,8-9,11H2,1-3H3. The Balaban J connectivity index is 2.25. The molecule has 0 aromatic heterocycles. The molecular formula is C16H23NO3. The minimum atomic E-state index is -0.679. The first-order valence-electron chi connectivity index (χ1n) is 7.06. The van der Waals surface area contributed by atoms with Gasteiger partial charge in [-0.2, -0.15) is 0 Å². The Kier molecular flexibility index (Phi) is 4.65. The van der Waals surface area contributed by atoms with Crippen LogP contribution in [0.25, 0.3) is 0 Å². The van der Waals surface area contributed by atoms with E-state index in [9.17, 15) is 4.79 Å². The van der Waals surface area contributed by atoms with Crippen LogP contribution in [0.4, 0.5) is 5.69 Å². The average molecular weight is 277 g/mol. The summed E-state index contributed by atoms with van der Waals surface area (Å²) in [5, 5.41) is 3.40. The van der Waals surface area contributed by atoms with Crippen LogP contribution in [0.3, 0.4) is 0 Å². The first kappa shape index (κ1) is 14.9. The number of esters is 1. The van der Waals surface area contributed by atoms with Gasteiger partial charge in [-0.05, 0) is 43.9 Å². The van der Waals surface area contributed by atoms with Crippen LogP contribution in [0.2, 0.25) is 0 Å². The molecule has 2 unspecified atom stereocenters. The molecule has 0 aliphatic heterocycles. The van der Waals surface area contributed by atoms with Crippen molar-refractivity contribution in [2.45, 2.75) is 44.2 Å². The van der Waals surface area contributed by atoms with Gasteiger partial charge >= 0.3 is 5.97 Å². The van der Waals surface area contributed by atoms with Crippen molar-refractivity contribution in [2.75, 3.05) is 19.5 Å². The van der Waals surface area contributed by atoms with Crippen LogP contribution >= 0.6 is 0 Å². The third-order valence-electron chi connectivity index (χ3n) is 4.02. The average Bonchev–Trinajstić information content (AvgIpc) is 2.46. The number of hydrogen-bond donors (Lipinski definition) is 1. The number of aryl methyl sites for hydroxylation is 1. The topological polar surface area (TPSA) is 47.6 Å². The monoisotopic (exact) mass is 277 g/mol. The molecule has 1 aliphatic carbocycles. The minimum absolute atomic E-state index is 0.0974. The van der Waals surface area contributed by atoms with E-state index in [1.807, 2.05) is 31.2 Å². The van der Waals surface area contributed by atoms with Crippen LogP contribution in [-0.4, -0.2) is 31.8 Å². The largest absolute Gasteiger partial charge is 0.467 e. The fraction of sp³-hybridized carbons (Fsp3) is 0.562. The molecule has 20 heavy (non-hydrogen) atoms. The van der Waals surface area contributed by atoms with Crippen LogP contribution in [0, 0.1) is 6.92 Å². The maximum Gasteiger partial charge on any atom is 0.331 e. The molecule has 0 amide bonds. The second kappa shape index (κ2) is 6.27. The Bertz CT molecular complexity index is 475. The Labute approximate surface area is 120 Å². The van der Waals surface area contributed by atoms with Crippen molar-refractivity contribution in [3.8, 4) is 0 Å². The quantitative estimate of drug-likeness (QED) is 0.860. The van der Waals surface area contributed by atoms with Crippen LogP contribution in [-0.2, 0) is 14.3 Å². The Morgan fingerprint density at radius 2 is 2.20 bits per heavy atom. The zero-order chi connectivity index (χ0) is 14.6. The van der Waals surface area contributed by atoms with E-state index in [0.29, 0.717) is 6.42 Å². The zero-order valence-electron chi connectivity index (χ0n) is 12.4. The first-order chi connectivity index (χ1) is 9.59. The first-order valence-corrected chi connectivity index (χ1v) is 7.06. The van der Waals surface area contributed by atoms with Crippen LogP contribution in [0.5, 0.6) is 0 Å². The van der Waals surface area contributed by atoms with Crippen LogP contribution in [0.15, 0.2) is 24.3 Å². The number of benzene rings is 1. The maximum absolute atomic E-state index is 12.3. The number of hydrogen-bond acceptors (Lipinski definition) is 4. The lowest BCUT2D eigenvalue weighted by Gasteiger charge is -2.39. The zero-order valence-corrected chi connectivity index (χ0v) is 12.4. The van der Waals surface area contributed by atoms with Crippen molar-refractivity contribution in [2.24, 2.45) is 0 Å². The predicted molar refractivity (Wildman–Crippen MR) is 78.8 cm³/mol. The summed E-state index contributed by atoms with van der Waals surface area (Å²) in [6.07, 6.45) is 3.45. The van der Waals surface area contributed by atoms with Gasteiger partial charge in [-0.25, -0.2) is 4.79 Å². The second-order valence-electron chi connectivity index (χ2n) is 5.52. The number of ether oxygens (including phenoxy) is 2. The summed E-state index contributed by atoms with van der Waals surface area (Å²) >= 11 is 0. The molecule has 1 N–H and O–H groups in total. The Morgan fingerprint density at radius 3 is 2.85 bits per heavy atom. The molecule has 2 rings (SSSR count). The minimum Gasteiger partial charge on any atom is -0.467 e. The third kappa shape index (κ3) is 3.12.